The van der Waals surface area contributed by atoms with Gasteiger partial charge in [-0.05, 0) is 23.8 Å². The zero-order valence-electron chi connectivity index (χ0n) is 11.5. The van der Waals surface area contributed by atoms with E-state index >= 15 is 0 Å². The van der Waals surface area contributed by atoms with E-state index in [1.54, 1.807) is 0 Å². The van der Waals surface area contributed by atoms with Crippen LogP contribution in [0.2, 0.25) is 0 Å². The molecule has 0 atom stereocenters. The summed E-state index contributed by atoms with van der Waals surface area (Å²) in [5, 5.41) is 7.80. The third-order valence-corrected chi connectivity index (χ3v) is 3.42. The molecule has 0 bridgehead atoms. The zero-order chi connectivity index (χ0) is 13.8. The number of furan rings is 1. The van der Waals surface area contributed by atoms with Crippen LogP contribution >= 0.6 is 0 Å². The van der Waals surface area contributed by atoms with Crippen LogP contribution < -0.4 is 10.6 Å². The Balaban J connectivity index is 1.65. The fourth-order valence-electron chi connectivity index (χ4n) is 2.35. The maximum absolute atomic E-state index is 5.54. The van der Waals surface area contributed by atoms with Crippen molar-refractivity contribution in [2.75, 3.05) is 12.4 Å². The van der Waals surface area contributed by atoms with Crippen LogP contribution in [0.3, 0.4) is 0 Å². The van der Waals surface area contributed by atoms with E-state index in [1.807, 2.05) is 31.5 Å². The van der Waals surface area contributed by atoms with E-state index < -0.39 is 0 Å². The zero-order valence-corrected chi connectivity index (χ0v) is 11.5. The Hall–Kier alpha value is -2.26. The van der Waals surface area contributed by atoms with Crippen LogP contribution in [0.25, 0.3) is 11.0 Å². The standard InChI is InChI=1S/C17H18N2O/c1-18-15-6-4-5-13(9-15)10-19-11-14-12-20-17-8-3-2-7-16(14)17/h2-9,12,18-19H,10-11H2,1H3. The van der Waals surface area contributed by atoms with Crippen LogP contribution in [0.15, 0.2) is 59.2 Å². The molecule has 0 spiro atoms. The lowest BCUT2D eigenvalue weighted by Gasteiger charge is -2.06. The first-order valence-corrected chi connectivity index (χ1v) is 6.79. The Morgan fingerprint density at radius 3 is 2.80 bits per heavy atom. The second-order valence-corrected chi connectivity index (χ2v) is 4.81. The van der Waals surface area contributed by atoms with E-state index in [2.05, 4.69) is 41.0 Å². The number of rotatable bonds is 5. The van der Waals surface area contributed by atoms with Crippen LogP contribution in [0.4, 0.5) is 5.69 Å². The number of fused-ring (bicyclic) bond motifs is 1. The molecule has 1 aromatic heterocycles. The highest BCUT2D eigenvalue weighted by Crippen LogP contribution is 2.20. The summed E-state index contributed by atoms with van der Waals surface area (Å²) < 4.78 is 5.54. The molecular formula is C17H18N2O. The molecule has 3 nitrogen and oxygen atoms in total. The summed E-state index contributed by atoms with van der Waals surface area (Å²) in [4.78, 5) is 0. The molecule has 1 heterocycles. The highest BCUT2D eigenvalue weighted by atomic mass is 16.3. The average molecular weight is 266 g/mol. The first-order valence-electron chi connectivity index (χ1n) is 6.79. The number of nitrogens with one attached hydrogen (secondary N) is 2. The number of anilines is 1. The van der Waals surface area contributed by atoms with Gasteiger partial charge >= 0.3 is 0 Å². The third kappa shape index (κ3) is 2.68. The summed E-state index contributed by atoms with van der Waals surface area (Å²) in [5.74, 6) is 0. The summed E-state index contributed by atoms with van der Waals surface area (Å²) in [6.45, 7) is 1.65. The van der Waals surface area contributed by atoms with E-state index in [4.69, 9.17) is 4.42 Å². The summed E-state index contributed by atoms with van der Waals surface area (Å²) in [6.07, 6.45) is 1.84. The van der Waals surface area contributed by atoms with Gasteiger partial charge in [0.1, 0.15) is 5.58 Å². The average Bonchev–Trinajstić information content (AvgIpc) is 2.91. The number of hydrogen-bond acceptors (Lipinski definition) is 3. The molecule has 0 aliphatic carbocycles. The number of para-hydroxylation sites is 1. The van der Waals surface area contributed by atoms with Gasteiger partial charge in [0, 0.05) is 36.8 Å². The highest BCUT2D eigenvalue weighted by Gasteiger charge is 2.04. The monoisotopic (exact) mass is 266 g/mol. The van der Waals surface area contributed by atoms with E-state index in [1.165, 1.54) is 16.5 Å². The normalized spacial score (nSPS) is 10.8. The van der Waals surface area contributed by atoms with Crippen LogP contribution in [-0.4, -0.2) is 7.05 Å². The summed E-state index contributed by atoms with van der Waals surface area (Å²) >= 11 is 0. The maximum atomic E-state index is 5.54. The molecule has 3 aromatic rings. The number of benzene rings is 2. The highest BCUT2D eigenvalue weighted by molar-refractivity contribution is 5.80. The van der Waals surface area contributed by atoms with Gasteiger partial charge in [-0.15, -0.1) is 0 Å². The van der Waals surface area contributed by atoms with Gasteiger partial charge in [-0.2, -0.15) is 0 Å². The van der Waals surface area contributed by atoms with Gasteiger partial charge in [0.25, 0.3) is 0 Å². The third-order valence-electron chi connectivity index (χ3n) is 3.42. The van der Waals surface area contributed by atoms with Crippen molar-refractivity contribution in [3.05, 3.63) is 65.9 Å². The van der Waals surface area contributed by atoms with Crippen LogP contribution in [0.5, 0.6) is 0 Å². The van der Waals surface area contributed by atoms with Crippen molar-refractivity contribution in [2.45, 2.75) is 13.1 Å². The summed E-state index contributed by atoms with van der Waals surface area (Å²) in [6, 6.07) is 16.5. The Morgan fingerprint density at radius 1 is 1.00 bits per heavy atom. The molecule has 3 heteroatoms. The van der Waals surface area contributed by atoms with E-state index in [0.717, 1.165) is 24.4 Å². The van der Waals surface area contributed by atoms with Crippen molar-refractivity contribution in [3.8, 4) is 0 Å². The summed E-state index contributed by atoms with van der Waals surface area (Å²) in [5.41, 5.74) is 4.55. The Kier molecular flexibility index (Phi) is 3.70. The molecule has 0 amide bonds. The van der Waals surface area contributed by atoms with Gasteiger partial charge in [0.15, 0.2) is 0 Å². The van der Waals surface area contributed by atoms with Gasteiger partial charge in [-0.1, -0.05) is 30.3 Å². The summed E-state index contributed by atoms with van der Waals surface area (Å²) in [7, 11) is 1.93. The molecule has 0 aliphatic rings. The van der Waals surface area contributed by atoms with Gasteiger partial charge in [0.05, 0.1) is 6.26 Å². The van der Waals surface area contributed by atoms with E-state index in [-0.39, 0.29) is 0 Å². The predicted octanol–water partition coefficient (Wildman–Crippen LogP) is 3.76. The minimum Gasteiger partial charge on any atom is -0.464 e. The molecule has 0 aliphatic heterocycles. The molecule has 2 N–H and O–H groups in total. The lowest BCUT2D eigenvalue weighted by atomic mass is 10.1. The van der Waals surface area contributed by atoms with Gasteiger partial charge < -0.3 is 15.1 Å². The van der Waals surface area contributed by atoms with Gasteiger partial charge in [-0.25, -0.2) is 0 Å². The molecule has 0 radical (unpaired) electrons. The molecule has 0 saturated carbocycles. The molecule has 102 valence electrons. The van der Waals surface area contributed by atoms with E-state index in [0.29, 0.717) is 0 Å². The molecule has 0 fully saturated rings. The quantitative estimate of drug-likeness (QED) is 0.738. The maximum Gasteiger partial charge on any atom is 0.134 e. The first-order chi connectivity index (χ1) is 9.86. The minimum absolute atomic E-state index is 0.806. The first kappa shape index (κ1) is 12.8. The van der Waals surface area contributed by atoms with Crippen molar-refractivity contribution in [2.24, 2.45) is 0 Å². The topological polar surface area (TPSA) is 37.2 Å². The van der Waals surface area contributed by atoms with Gasteiger partial charge in [0.2, 0.25) is 0 Å². The Morgan fingerprint density at radius 2 is 1.90 bits per heavy atom. The van der Waals surface area contributed by atoms with Crippen molar-refractivity contribution in [1.82, 2.24) is 5.32 Å². The molecule has 0 unspecified atom stereocenters. The predicted molar refractivity (Wildman–Crippen MR) is 82.7 cm³/mol. The van der Waals surface area contributed by atoms with E-state index in [9.17, 15) is 0 Å². The fourth-order valence-corrected chi connectivity index (χ4v) is 2.35. The molecule has 0 saturated heterocycles. The Bertz CT molecular complexity index is 703. The second kappa shape index (κ2) is 5.80. The van der Waals surface area contributed by atoms with Crippen LogP contribution in [-0.2, 0) is 13.1 Å². The lowest BCUT2D eigenvalue weighted by molar-refractivity contribution is 0.602. The SMILES string of the molecule is CNc1cccc(CNCc2coc3ccccc23)c1. The molecule has 3 rings (SSSR count). The Labute approximate surface area is 118 Å². The molecule has 2 aromatic carbocycles. The van der Waals surface area contributed by atoms with Crippen LogP contribution in [0.1, 0.15) is 11.1 Å². The fraction of sp³-hybridized carbons (Fsp3) is 0.176. The van der Waals surface area contributed by atoms with Gasteiger partial charge in [-0.3, -0.25) is 0 Å². The van der Waals surface area contributed by atoms with Crippen molar-refractivity contribution < 1.29 is 4.42 Å². The minimum atomic E-state index is 0.806. The van der Waals surface area contributed by atoms with Crippen molar-refractivity contribution in [3.63, 3.8) is 0 Å². The van der Waals surface area contributed by atoms with Crippen LogP contribution in [0, 0.1) is 0 Å². The van der Waals surface area contributed by atoms with Crippen molar-refractivity contribution >= 4 is 16.7 Å². The second-order valence-electron chi connectivity index (χ2n) is 4.81. The lowest BCUT2D eigenvalue weighted by Crippen LogP contribution is -2.12. The largest absolute Gasteiger partial charge is 0.464 e. The van der Waals surface area contributed by atoms with Crippen molar-refractivity contribution in [1.29, 1.82) is 0 Å². The molecule has 20 heavy (non-hydrogen) atoms. The number of hydrogen-bond donors (Lipinski definition) is 2. The molecular weight excluding hydrogens is 248 g/mol. The smallest absolute Gasteiger partial charge is 0.134 e.